The van der Waals surface area contributed by atoms with Crippen LogP contribution in [0.5, 0.6) is 0 Å². The molecule has 0 saturated carbocycles. The van der Waals surface area contributed by atoms with E-state index in [0.29, 0.717) is 5.56 Å². The Morgan fingerprint density at radius 3 is 2.33 bits per heavy atom. The van der Waals surface area contributed by atoms with Gasteiger partial charge in [-0.3, -0.25) is 9.59 Å². The van der Waals surface area contributed by atoms with Gasteiger partial charge in [0.25, 0.3) is 5.91 Å². The van der Waals surface area contributed by atoms with E-state index in [1.54, 1.807) is 18.2 Å². The van der Waals surface area contributed by atoms with Gasteiger partial charge in [0.15, 0.2) is 0 Å². The molecule has 0 spiro atoms. The van der Waals surface area contributed by atoms with Crippen molar-refractivity contribution >= 4 is 11.9 Å². The lowest BCUT2D eigenvalue weighted by Gasteiger charge is -2.34. The lowest BCUT2D eigenvalue weighted by atomic mass is 10.0. The molecule has 0 bridgehead atoms. The summed E-state index contributed by atoms with van der Waals surface area (Å²) in [5.74, 6) is -1.26. The van der Waals surface area contributed by atoms with Crippen LogP contribution in [0, 0.1) is 6.92 Å². The SMILES string of the molecule is Cc1cccc(C(=O)N(CC(=O)O)C(C)(C)C)c1. The molecule has 0 aliphatic heterocycles. The van der Waals surface area contributed by atoms with Crippen molar-refractivity contribution in [2.24, 2.45) is 0 Å². The molecule has 1 aromatic rings. The van der Waals surface area contributed by atoms with Crippen LogP contribution in [-0.4, -0.2) is 34.0 Å². The van der Waals surface area contributed by atoms with Gasteiger partial charge in [0, 0.05) is 11.1 Å². The molecule has 0 radical (unpaired) electrons. The number of nitrogens with zero attached hydrogens (tertiary/aromatic N) is 1. The number of carboxylic acid groups (broad SMARTS) is 1. The highest BCUT2D eigenvalue weighted by atomic mass is 16.4. The molecule has 0 fully saturated rings. The number of carboxylic acids is 1. The van der Waals surface area contributed by atoms with Gasteiger partial charge in [0.05, 0.1) is 0 Å². The minimum Gasteiger partial charge on any atom is -0.480 e. The Hall–Kier alpha value is -1.84. The van der Waals surface area contributed by atoms with Crippen LogP contribution in [-0.2, 0) is 4.79 Å². The van der Waals surface area contributed by atoms with Gasteiger partial charge in [0.2, 0.25) is 0 Å². The Morgan fingerprint density at radius 1 is 1.28 bits per heavy atom. The fraction of sp³-hybridized carbons (Fsp3) is 0.429. The molecule has 1 N–H and O–H groups in total. The van der Waals surface area contributed by atoms with E-state index in [1.165, 1.54) is 4.90 Å². The van der Waals surface area contributed by atoms with Gasteiger partial charge in [-0.15, -0.1) is 0 Å². The molecule has 0 heterocycles. The van der Waals surface area contributed by atoms with Crippen molar-refractivity contribution in [2.45, 2.75) is 33.2 Å². The number of hydrogen-bond donors (Lipinski definition) is 1. The summed E-state index contributed by atoms with van der Waals surface area (Å²) in [5, 5.41) is 8.90. The number of benzene rings is 1. The minimum absolute atomic E-state index is 0.256. The van der Waals surface area contributed by atoms with E-state index in [0.717, 1.165) is 5.56 Å². The Morgan fingerprint density at radius 2 is 1.89 bits per heavy atom. The van der Waals surface area contributed by atoms with Crippen LogP contribution in [0.4, 0.5) is 0 Å². The fourth-order valence-corrected chi connectivity index (χ4v) is 1.68. The molecule has 0 atom stereocenters. The number of carbonyl (C=O) groups is 2. The van der Waals surface area contributed by atoms with E-state index >= 15 is 0 Å². The number of carbonyl (C=O) groups excluding carboxylic acids is 1. The largest absolute Gasteiger partial charge is 0.480 e. The second-order valence-electron chi connectivity index (χ2n) is 5.33. The third-order valence-corrected chi connectivity index (χ3v) is 2.61. The van der Waals surface area contributed by atoms with E-state index in [1.807, 2.05) is 33.8 Å². The zero-order valence-electron chi connectivity index (χ0n) is 11.2. The van der Waals surface area contributed by atoms with E-state index in [-0.39, 0.29) is 12.5 Å². The Kier molecular flexibility index (Phi) is 4.11. The van der Waals surface area contributed by atoms with Gasteiger partial charge in [-0.25, -0.2) is 0 Å². The van der Waals surface area contributed by atoms with Crippen molar-refractivity contribution in [1.82, 2.24) is 4.90 Å². The van der Waals surface area contributed by atoms with Crippen molar-refractivity contribution in [3.63, 3.8) is 0 Å². The number of rotatable bonds is 3. The van der Waals surface area contributed by atoms with Gasteiger partial charge in [-0.2, -0.15) is 0 Å². The van der Waals surface area contributed by atoms with E-state index in [4.69, 9.17) is 5.11 Å². The topological polar surface area (TPSA) is 57.6 Å². The molecule has 98 valence electrons. The third kappa shape index (κ3) is 3.58. The molecule has 1 amide bonds. The van der Waals surface area contributed by atoms with Crippen LogP contribution in [0.2, 0.25) is 0 Å². The average molecular weight is 249 g/mol. The molecular weight excluding hydrogens is 230 g/mol. The summed E-state index contributed by atoms with van der Waals surface area (Å²) in [5.41, 5.74) is 0.968. The van der Waals surface area contributed by atoms with Crippen LogP contribution in [0.25, 0.3) is 0 Å². The van der Waals surface area contributed by atoms with E-state index in [9.17, 15) is 9.59 Å². The summed E-state index contributed by atoms with van der Waals surface area (Å²) in [6.45, 7) is 7.07. The first-order valence-electron chi connectivity index (χ1n) is 5.82. The molecular formula is C14H19NO3. The smallest absolute Gasteiger partial charge is 0.323 e. The van der Waals surface area contributed by atoms with Crippen LogP contribution in [0.1, 0.15) is 36.7 Å². The van der Waals surface area contributed by atoms with Crippen molar-refractivity contribution in [3.05, 3.63) is 35.4 Å². The Labute approximate surface area is 107 Å². The Balaban J connectivity index is 3.06. The lowest BCUT2D eigenvalue weighted by Crippen LogP contribution is -2.48. The highest BCUT2D eigenvalue weighted by molar-refractivity contribution is 5.96. The molecule has 0 aliphatic rings. The second kappa shape index (κ2) is 5.21. The summed E-state index contributed by atoms with van der Waals surface area (Å²) >= 11 is 0. The monoisotopic (exact) mass is 249 g/mol. The summed E-state index contributed by atoms with van der Waals surface area (Å²) in [6.07, 6.45) is 0. The number of hydrogen-bond acceptors (Lipinski definition) is 2. The zero-order valence-corrected chi connectivity index (χ0v) is 11.2. The first-order valence-corrected chi connectivity index (χ1v) is 5.82. The predicted molar refractivity (Wildman–Crippen MR) is 69.6 cm³/mol. The first kappa shape index (κ1) is 14.2. The Bertz CT molecular complexity index is 460. The van der Waals surface area contributed by atoms with Gasteiger partial charge in [-0.1, -0.05) is 17.7 Å². The summed E-state index contributed by atoms with van der Waals surface area (Å²) < 4.78 is 0. The van der Waals surface area contributed by atoms with Gasteiger partial charge < -0.3 is 10.0 Å². The summed E-state index contributed by atoms with van der Waals surface area (Å²) in [7, 11) is 0. The standard InChI is InChI=1S/C14H19NO3/c1-10-6-5-7-11(8-10)13(18)15(9-12(16)17)14(2,3)4/h5-8H,9H2,1-4H3,(H,16,17). The zero-order chi connectivity index (χ0) is 13.9. The minimum atomic E-state index is -1.01. The molecule has 0 aliphatic carbocycles. The fourth-order valence-electron chi connectivity index (χ4n) is 1.68. The number of aliphatic carboxylic acids is 1. The number of amides is 1. The van der Waals surface area contributed by atoms with Crippen LogP contribution in [0.3, 0.4) is 0 Å². The highest BCUT2D eigenvalue weighted by Gasteiger charge is 2.29. The maximum Gasteiger partial charge on any atom is 0.323 e. The van der Waals surface area contributed by atoms with Crippen molar-refractivity contribution in [3.8, 4) is 0 Å². The molecule has 1 rings (SSSR count). The molecule has 1 aromatic carbocycles. The van der Waals surface area contributed by atoms with Crippen molar-refractivity contribution < 1.29 is 14.7 Å². The maximum absolute atomic E-state index is 12.3. The highest BCUT2D eigenvalue weighted by Crippen LogP contribution is 2.17. The van der Waals surface area contributed by atoms with Gasteiger partial charge in [0.1, 0.15) is 6.54 Å². The lowest BCUT2D eigenvalue weighted by molar-refractivity contribution is -0.138. The summed E-state index contributed by atoms with van der Waals surface area (Å²) in [4.78, 5) is 24.6. The average Bonchev–Trinajstić information content (AvgIpc) is 2.23. The quantitative estimate of drug-likeness (QED) is 0.894. The van der Waals surface area contributed by atoms with Crippen molar-refractivity contribution in [1.29, 1.82) is 0 Å². The van der Waals surface area contributed by atoms with E-state index in [2.05, 4.69) is 0 Å². The predicted octanol–water partition coefficient (Wildman–Crippen LogP) is 2.32. The van der Waals surface area contributed by atoms with Crippen LogP contribution >= 0.6 is 0 Å². The second-order valence-corrected chi connectivity index (χ2v) is 5.33. The maximum atomic E-state index is 12.3. The molecule has 0 unspecified atom stereocenters. The molecule has 4 heteroatoms. The van der Waals surface area contributed by atoms with Crippen LogP contribution in [0.15, 0.2) is 24.3 Å². The van der Waals surface area contributed by atoms with E-state index < -0.39 is 11.5 Å². The normalized spacial score (nSPS) is 11.1. The summed E-state index contributed by atoms with van der Waals surface area (Å²) in [6, 6.07) is 7.17. The van der Waals surface area contributed by atoms with Gasteiger partial charge >= 0.3 is 5.97 Å². The van der Waals surface area contributed by atoms with Crippen molar-refractivity contribution in [2.75, 3.05) is 6.54 Å². The molecule has 0 saturated heterocycles. The van der Waals surface area contributed by atoms with Crippen LogP contribution < -0.4 is 0 Å². The van der Waals surface area contributed by atoms with Gasteiger partial charge in [-0.05, 0) is 39.8 Å². The first-order chi connectivity index (χ1) is 8.21. The molecule has 0 aromatic heterocycles. The molecule has 18 heavy (non-hydrogen) atoms. The third-order valence-electron chi connectivity index (χ3n) is 2.61. The number of aryl methyl sites for hydroxylation is 1. The molecule has 4 nitrogen and oxygen atoms in total.